The van der Waals surface area contributed by atoms with Crippen LogP contribution in [-0.4, -0.2) is 45.5 Å². The fourth-order valence-corrected chi connectivity index (χ4v) is 4.41. The number of amidine groups is 1. The van der Waals surface area contributed by atoms with Crippen molar-refractivity contribution in [3.05, 3.63) is 52.7 Å². The van der Waals surface area contributed by atoms with Crippen LogP contribution < -0.4 is 15.8 Å². The molecular formula is C23H26N6O4S. The van der Waals surface area contributed by atoms with E-state index in [0.717, 1.165) is 28.0 Å². The van der Waals surface area contributed by atoms with E-state index in [4.69, 9.17) is 20.3 Å². The minimum atomic E-state index is -0.669. The zero-order valence-corrected chi connectivity index (χ0v) is 20.2. The molecule has 34 heavy (non-hydrogen) atoms. The summed E-state index contributed by atoms with van der Waals surface area (Å²) in [5.41, 5.74) is 9.27. The van der Waals surface area contributed by atoms with Gasteiger partial charge in [-0.25, -0.2) is 4.79 Å². The normalized spacial score (nSPS) is 13.2. The highest BCUT2D eigenvalue weighted by Crippen LogP contribution is 2.38. The number of nitrogens with zero attached hydrogens (tertiary/aromatic N) is 4. The number of hydrogen-bond acceptors (Lipinski definition) is 8. The second-order valence-electron chi connectivity index (χ2n) is 8.82. The molecule has 1 aromatic carbocycles. The van der Waals surface area contributed by atoms with Gasteiger partial charge < -0.3 is 15.2 Å². The Bertz CT molecular complexity index is 1230. The highest BCUT2D eigenvalue weighted by atomic mass is 32.2. The van der Waals surface area contributed by atoms with Gasteiger partial charge in [0.15, 0.2) is 5.84 Å². The Balaban J connectivity index is 1.77. The van der Waals surface area contributed by atoms with Crippen molar-refractivity contribution in [3.8, 4) is 17.0 Å². The maximum Gasteiger partial charge on any atom is 0.413 e. The van der Waals surface area contributed by atoms with E-state index < -0.39 is 17.6 Å². The predicted octanol–water partition coefficient (Wildman–Crippen LogP) is 2.90. The summed E-state index contributed by atoms with van der Waals surface area (Å²) in [4.78, 5) is 25.7. The molecule has 1 aromatic rings. The number of rotatable bonds is 5. The standard InChI is InChI=1S/C23H26N6O4S/c1-23(2,3)33-22(31)25-21-20-19-16(12-34-28-21)14(10-18(24)30)9-17(19)26-29(27-20)11-13-5-7-15(32-4)8-6-13/h5-9H,10-12H2,1-4H3,(H2,24,30)(H,25,28,31). The molecule has 3 aliphatic rings. The largest absolute Gasteiger partial charge is 0.497 e. The SMILES string of the molecule is COc1ccc(Cn2nc3cc(CC(N)=O)c4c-3c(n2)C(NC(=O)OC(C)(C)C)=NSC4)cc1. The molecular weight excluding hydrogens is 456 g/mol. The Kier molecular flexibility index (Phi) is 6.47. The van der Waals surface area contributed by atoms with Gasteiger partial charge in [-0.2, -0.15) is 19.4 Å². The van der Waals surface area contributed by atoms with Crippen molar-refractivity contribution in [1.82, 2.24) is 20.3 Å². The topological polar surface area (TPSA) is 134 Å². The third-order valence-electron chi connectivity index (χ3n) is 4.99. The zero-order chi connectivity index (χ0) is 24.5. The number of ether oxygens (including phenoxy) is 2. The number of hydrogen-bond donors (Lipinski definition) is 2. The van der Waals surface area contributed by atoms with Gasteiger partial charge in [0.25, 0.3) is 0 Å². The van der Waals surface area contributed by atoms with Crippen LogP contribution in [0.1, 0.15) is 43.2 Å². The average Bonchev–Trinajstić information content (AvgIpc) is 2.96. The van der Waals surface area contributed by atoms with Crippen LogP contribution in [0.25, 0.3) is 11.3 Å². The molecule has 0 saturated carbocycles. The summed E-state index contributed by atoms with van der Waals surface area (Å²) in [6, 6.07) is 9.43. The molecule has 0 saturated heterocycles. The molecule has 0 bridgehead atoms. The van der Waals surface area contributed by atoms with Crippen LogP contribution in [0.15, 0.2) is 34.7 Å². The third-order valence-corrected chi connectivity index (χ3v) is 5.72. The molecule has 0 spiro atoms. The maximum absolute atomic E-state index is 12.5. The quantitative estimate of drug-likeness (QED) is 0.534. The lowest BCUT2D eigenvalue weighted by atomic mass is 10.1. The van der Waals surface area contributed by atoms with Crippen molar-refractivity contribution >= 4 is 29.8 Å². The fraction of sp³-hybridized carbons (Fsp3) is 0.348. The molecule has 10 nitrogen and oxygen atoms in total. The summed E-state index contributed by atoms with van der Waals surface area (Å²) in [6.45, 7) is 5.74. The number of carbonyl (C=O) groups is 2. The summed E-state index contributed by atoms with van der Waals surface area (Å²) < 4.78 is 15.1. The number of primary amides is 1. The van der Waals surface area contributed by atoms with Crippen molar-refractivity contribution in [3.63, 3.8) is 0 Å². The van der Waals surface area contributed by atoms with Gasteiger partial charge in [-0.3, -0.25) is 10.1 Å². The smallest absolute Gasteiger partial charge is 0.413 e. The van der Waals surface area contributed by atoms with E-state index in [-0.39, 0.29) is 12.3 Å². The third kappa shape index (κ3) is 5.30. The number of nitrogens with two attached hydrogens (primary N) is 1. The monoisotopic (exact) mass is 482 g/mol. The average molecular weight is 483 g/mol. The van der Waals surface area contributed by atoms with Gasteiger partial charge in [0.1, 0.15) is 17.0 Å². The number of nitrogens with one attached hydrogen (secondary N) is 1. The van der Waals surface area contributed by atoms with Gasteiger partial charge in [-0.05, 0) is 67.6 Å². The van der Waals surface area contributed by atoms with Crippen LogP contribution in [-0.2, 0) is 28.2 Å². The molecule has 0 fully saturated rings. The summed E-state index contributed by atoms with van der Waals surface area (Å²) >= 11 is 1.25. The highest BCUT2D eigenvalue weighted by molar-refractivity contribution is 7.97. The number of alkyl carbamates (subject to hydrolysis) is 1. The van der Waals surface area contributed by atoms with E-state index in [1.54, 1.807) is 32.7 Å². The number of methoxy groups -OCH3 is 1. The van der Waals surface area contributed by atoms with Crippen molar-refractivity contribution in [2.24, 2.45) is 10.1 Å². The Hall–Kier alpha value is -3.60. The van der Waals surface area contributed by atoms with Gasteiger partial charge in [0, 0.05) is 11.3 Å². The van der Waals surface area contributed by atoms with Gasteiger partial charge in [0.2, 0.25) is 5.91 Å². The van der Waals surface area contributed by atoms with Crippen LogP contribution in [0.2, 0.25) is 0 Å². The molecule has 4 rings (SSSR count). The van der Waals surface area contributed by atoms with Crippen LogP contribution in [0, 0.1) is 0 Å². The second-order valence-corrected chi connectivity index (χ2v) is 9.55. The minimum absolute atomic E-state index is 0.0823. The van der Waals surface area contributed by atoms with E-state index in [2.05, 4.69) is 14.8 Å². The van der Waals surface area contributed by atoms with Crippen LogP contribution in [0.4, 0.5) is 4.79 Å². The molecule has 0 radical (unpaired) electrons. The molecule has 2 aliphatic heterocycles. The Morgan fingerprint density at radius 2 is 1.94 bits per heavy atom. The minimum Gasteiger partial charge on any atom is -0.497 e. The molecule has 11 heteroatoms. The van der Waals surface area contributed by atoms with Crippen molar-refractivity contribution in [2.75, 3.05) is 7.11 Å². The summed E-state index contributed by atoms with van der Waals surface area (Å²) in [6.07, 6.45) is -0.549. The number of benzene rings is 1. The molecule has 3 N–H and O–H groups in total. The first kappa shape index (κ1) is 23.6. The molecule has 0 atom stereocenters. The van der Waals surface area contributed by atoms with E-state index in [9.17, 15) is 9.59 Å². The first-order valence-corrected chi connectivity index (χ1v) is 11.6. The second kappa shape index (κ2) is 9.34. The summed E-state index contributed by atoms with van der Waals surface area (Å²) in [5.74, 6) is 1.07. The van der Waals surface area contributed by atoms with Crippen LogP contribution >= 0.6 is 11.9 Å². The number of carbonyl (C=O) groups excluding carboxylic acids is 2. The Morgan fingerprint density at radius 3 is 2.59 bits per heavy atom. The van der Waals surface area contributed by atoms with Crippen LogP contribution in [0.3, 0.4) is 0 Å². The van der Waals surface area contributed by atoms with Gasteiger partial charge in [-0.15, -0.1) is 0 Å². The van der Waals surface area contributed by atoms with Crippen molar-refractivity contribution < 1.29 is 19.1 Å². The fourth-order valence-electron chi connectivity index (χ4n) is 3.62. The molecule has 0 unspecified atom stereocenters. The maximum atomic E-state index is 12.5. The van der Waals surface area contributed by atoms with E-state index >= 15 is 0 Å². The molecule has 2 heterocycles. The molecule has 1 aliphatic carbocycles. The first-order valence-electron chi connectivity index (χ1n) is 10.6. The van der Waals surface area contributed by atoms with Gasteiger partial charge >= 0.3 is 6.09 Å². The summed E-state index contributed by atoms with van der Waals surface area (Å²) in [7, 11) is 1.61. The van der Waals surface area contributed by atoms with E-state index in [1.807, 2.05) is 30.3 Å². The highest BCUT2D eigenvalue weighted by Gasteiger charge is 2.30. The molecule has 0 aromatic heterocycles. The van der Waals surface area contributed by atoms with E-state index in [0.29, 0.717) is 23.7 Å². The van der Waals surface area contributed by atoms with E-state index in [1.165, 1.54) is 11.9 Å². The molecule has 178 valence electrons. The predicted molar refractivity (Wildman–Crippen MR) is 129 cm³/mol. The summed E-state index contributed by atoms with van der Waals surface area (Å²) in [5, 5.41) is 12.1. The Labute approximate surface area is 201 Å². The van der Waals surface area contributed by atoms with Gasteiger partial charge in [0.05, 0.1) is 25.8 Å². The van der Waals surface area contributed by atoms with Gasteiger partial charge in [-0.1, -0.05) is 12.1 Å². The zero-order valence-electron chi connectivity index (χ0n) is 19.4. The van der Waals surface area contributed by atoms with Crippen LogP contribution in [0.5, 0.6) is 5.75 Å². The van der Waals surface area contributed by atoms with Crippen molar-refractivity contribution in [1.29, 1.82) is 0 Å². The number of aromatic nitrogens is 3. The lowest BCUT2D eigenvalue weighted by molar-refractivity contribution is -0.117. The molecule has 2 amide bonds. The lowest BCUT2D eigenvalue weighted by Crippen LogP contribution is -2.37. The lowest BCUT2D eigenvalue weighted by Gasteiger charge is -2.20. The van der Waals surface area contributed by atoms with Crippen molar-refractivity contribution in [2.45, 2.75) is 45.1 Å². The first-order chi connectivity index (χ1) is 16.1. The number of amides is 2. The Morgan fingerprint density at radius 1 is 1.21 bits per heavy atom.